The standard InChI is InChI=1S/CH3B73O/c1-75-74-73-72-71-70-69-68-67-66-65-64-63-62-61-60-59-58-57-56-55-54-53-52-51-50-49-48-47-46-45-44-43-42-41-40-39-38-37-36-35-34-33-32-31-30-29-28-27-26-25-24-23-22-21-20-19-18-17-16-15-14-13-12-11-10-9-8-7-6-5-4-3-2/h1H3. The summed E-state index contributed by atoms with van der Waals surface area (Å²) >= 11 is 0. The second-order valence-electron chi connectivity index (χ2n) is 14.0. The van der Waals surface area contributed by atoms with Gasteiger partial charge in [-0.1, -0.05) is 0 Å². The van der Waals surface area contributed by atoms with Crippen molar-refractivity contribution in [2.45, 2.75) is 0 Å². The molecule has 0 aromatic heterocycles. The third kappa shape index (κ3) is 78.5. The summed E-state index contributed by atoms with van der Waals surface area (Å²) in [6.07, 6.45) is 0. The Labute approximate surface area is 496 Å². The molecule has 0 unspecified atom stereocenters. The fraction of sp³-hybridized carbons (Fsp3) is 1.00. The minimum absolute atomic E-state index is 1.50. The molecule has 0 N–H and O–H groups in total. The zero-order valence-corrected chi connectivity index (χ0v) is 43.6. The van der Waals surface area contributed by atoms with Crippen molar-refractivity contribution in [3.8, 4) is 0 Å². The zero-order valence-electron chi connectivity index (χ0n) is 43.6. The summed E-state index contributed by atoms with van der Waals surface area (Å²) in [6, 6.07) is 0. The van der Waals surface area contributed by atoms with E-state index in [4.69, 9.17) is 12.4 Å². The zero-order chi connectivity index (χ0) is 53.6. The second kappa shape index (κ2) is 78.5. The van der Waals surface area contributed by atoms with Gasteiger partial charge in [-0.2, -0.15) is 0 Å². The molecule has 2 radical (unpaired) electrons. The van der Waals surface area contributed by atoms with E-state index < -0.39 is 0 Å². The van der Waals surface area contributed by atoms with Gasteiger partial charge in [0.1, 0.15) is 0 Å². The van der Waals surface area contributed by atoms with Crippen LogP contribution in [0, 0.1) is 0 Å². The van der Waals surface area contributed by atoms with Gasteiger partial charge in [-0.15, -0.1) is 0 Å². The monoisotopic (exact) mass is 835 g/mol. The van der Waals surface area contributed by atoms with Crippen LogP contribution in [0.5, 0.6) is 0 Å². The van der Waals surface area contributed by atoms with Gasteiger partial charge in [0.25, 0.3) is 0 Å². The van der Waals surface area contributed by atoms with Crippen LogP contribution in [0.2, 0.25) is 0 Å². The van der Waals surface area contributed by atoms with Gasteiger partial charge >= 0.3 is 502 Å². The van der Waals surface area contributed by atoms with E-state index >= 15 is 0 Å². The average Bonchev–Trinajstić information content (AvgIpc) is 3.42. The van der Waals surface area contributed by atoms with E-state index in [1.165, 1.54) is 6.69 Å². The van der Waals surface area contributed by atoms with E-state index in [1.54, 1.807) is 20.8 Å². The fourth-order valence-electron chi connectivity index (χ4n) is 4.55. The summed E-state index contributed by atoms with van der Waals surface area (Å²) in [4.78, 5) is 0. The first-order valence-corrected chi connectivity index (χ1v) is 24.6. The molecular formula is CH3B73O. The predicted octanol–water partition coefficient (Wildman–Crippen LogP) is -27.7. The Kier molecular flexibility index (Phi) is 83.3. The maximum atomic E-state index is 5.26. The molecule has 0 saturated heterocycles. The Morgan fingerprint density at radius 1 is 0.133 bits per heavy atom. The van der Waals surface area contributed by atoms with Crippen LogP contribution in [0.1, 0.15) is 0 Å². The van der Waals surface area contributed by atoms with Crippen LogP contribution >= 0.6 is 0 Å². The molecule has 0 heterocycles. The van der Waals surface area contributed by atoms with Crippen LogP contribution in [0.15, 0.2) is 0 Å². The first kappa shape index (κ1) is 79.5. The van der Waals surface area contributed by atoms with Crippen molar-refractivity contribution in [2.75, 3.05) is 7.11 Å². The van der Waals surface area contributed by atoms with Crippen LogP contribution < -0.4 is 0 Å². The number of hydrogen-bond acceptors (Lipinski definition) is 1. The molecule has 75 heavy (non-hydrogen) atoms. The fourth-order valence-corrected chi connectivity index (χ4v) is 4.55. The summed E-state index contributed by atoms with van der Waals surface area (Å²) in [5.74, 6) is 0. The molecule has 74 heteroatoms. The van der Waals surface area contributed by atoms with E-state index in [2.05, 4.69) is 0 Å². The molecule has 0 aliphatic rings. The van der Waals surface area contributed by atoms with Crippen molar-refractivity contribution in [2.24, 2.45) is 0 Å². The summed E-state index contributed by atoms with van der Waals surface area (Å²) in [6.45, 7) is 140. The average molecular weight is 820 g/mol. The van der Waals surface area contributed by atoms with Gasteiger partial charge in [0.05, 0.1) is 0 Å². The molecule has 0 bridgehead atoms. The Hall–Kier alpha value is 4.54. The molecule has 0 spiro atoms. The molecule has 0 aliphatic carbocycles. The second-order valence-corrected chi connectivity index (χ2v) is 14.0. The van der Waals surface area contributed by atoms with Gasteiger partial charge in [-0.3, -0.25) is 0 Å². The Morgan fingerprint density at radius 3 is 0.293 bits per heavy atom. The van der Waals surface area contributed by atoms with E-state index in [1.807, 2.05) is 462 Å². The molecule has 0 saturated carbocycles. The van der Waals surface area contributed by atoms with Crippen molar-refractivity contribution in [1.29, 1.82) is 0 Å². The van der Waals surface area contributed by atoms with Crippen LogP contribution in [0.3, 0.4) is 0 Å². The Morgan fingerprint density at radius 2 is 0.213 bits per heavy atom. The van der Waals surface area contributed by atoms with Crippen molar-refractivity contribution in [1.82, 2.24) is 0 Å². The summed E-state index contributed by atoms with van der Waals surface area (Å²) in [5.41, 5.74) is 0. The molecule has 0 fully saturated rings. The molecule has 0 atom stereocenters. The van der Waals surface area contributed by atoms with Gasteiger partial charge in [0.2, 0.25) is 0 Å². The van der Waals surface area contributed by atoms with Crippen molar-refractivity contribution in [3.63, 3.8) is 0 Å². The van der Waals surface area contributed by atoms with Gasteiger partial charge in [-0.25, -0.2) is 0 Å². The van der Waals surface area contributed by atoms with E-state index in [0.29, 0.717) is 0 Å². The SMILES string of the molecule is [B]B=BB=BB=BB=BB=BB=BB=BB=BB=BB=BB=BB=BB=BB=BB=BB=BB=BB=BB=BB=BB=BB=BB=BB=BB=BB=BB=BB=BB=BB=BB=BB=BB=BB=BB=BB=BOC. The Balaban J connectivity index is 4.10. The third-order valence-electron chi connectivity index (χ3n) is 7.99. The van der Waals surface area contributed by atoms with Crippen LogP contribution in [0.25, 0.3) is 0 Å². The number of hydrogen-bond donors (Lipinski definition) is 0. The van der Waals surface area contributed by atoms with E-state index in [9.17, 15) is 0 Å². The normalized spacial score (nSPS) is 7.85. The van der Waals surface area contributed by atoms with Gasteiger partial charge < -0.3 is 0 Å². The molecule has 0 aromatic rings. The number of rotatable bonds is 36. The summed E-state index contributed by atoms with van der Waals surface area (Å²) in [5, 5.41) is 0. The van der Waals surface area contributed by atoms with Crippen molar-refractivity contribution >= 4 is 490 Å². The minimum atomic E-state index is 1.50. The molecule has 0 rings (SSSR count). The van der Waals surface area contributed by atoms with E-state index in [0.717, 1.165) is 0 Å². The summed E-state index contributed by atoms with van der Waals surface area (Å²) < 4.78 is 4.82. The van der Waals surface area contributed by atoms with Crippen LogP contribution in [-0.2, 0) is 4.65 Å². The van der Waals surface area contributed by atoms with Gasteiger partial charge in [0, 0.05) is 0 Å². The molecule has 0 aliphatic heterocycles. The quantitative estimate of drug-likeness (QED) is 0.0572. The van der Waals surface area contributed by atoms with Crippen molar-refractivity contribution < 1.29 is 4.65 Å². The predicted molar refractivity (Wildman–Crippen MR) is 427 cm³/mol. The molecule has 0 aromatic carbocycles. The molecular weight excluding hydrogens is 817 g/mol. The maximum absolute atomic E-state index is 5.26. The van der Waals surface area contributed by atoms with Crippen LogP contribution in [-0.4, -0.2) is 497 Å². The first-order valence-electron chi connectivity index (χ1n) is 24.6. The third-order valence-corrected chi connectivity index (χ3v) is 7.99. The summed E-state index contributed by atoms with van der Waals surface area (Å²) in [7, 11) is 8.51. The van der Waals surface area contributed by atoms with Crippen LogP contribution in [0.4, 0.5) is 0 Å². The van der Waals surface area contributed by atoms with E-state index in [-0.39, 0.29) is 0 Å². The molecule has 0 amide bonds. The first-order chi connectivity index (χ1) is 37.4. The van der Waals surface area contributed by atoms with Gasteiger partial charge in [0.15, 0.2) is 0 Å². The topological polar surface area (TPSA) is 9.23 Å². The van der Waals surface area contributed by atoms with Gasteiger partial charge in [-0.05, 0) is 0 Å². The molecule has 1 nitrogen and oxygen atoms in total. The molecule has 232 valence electrons. The Bertz CT molecular complexity index is 2590. The van der Waals surface area contributed by atoms with Crippen molar-refractivity contribution in [3.05, 3.63) is 0 Å².